The maximum Gasteiger partial charge on any atom is 0.0678 e. The number of H-pyrrole nitrogens is 1. The standard InChI is InChI=1S/C19H28N4O/c1-14-11-23(12-15(2)24-14)13-18-6-4-17(5-7-18)8-20-9-19-10-21-22-16(19)3/h4-7,10,14-15,20H,8-9,11-13H2,1-3H3,(H,21,22)/t14-,15+. The van der Waals surface area contributed by atoms with Gasteiger partial charge in [0.25, 0.3) is 0 Å². The molecule has 0 radical (unpaired) electrons. The minimum absolute atomic E-state index is 0.323. The number of rotatable bonds is 6. The SMILES string of the molecule is Cc1[nH]ncc1CNCc1ccc(CN2C[C@@H](C)O[C@@H](C)C2)cc1. The van der Waals surface area contributed by atoms with E-state index in [4.69, 9.17) is 4.74 Å². The fourth-order valence-electron chi connectivity index (χ4n) is 3.33. The predicted molar refractivity (Wildman–Crippen MR) is 95.6 cm³/mol. The minimum atomic E-state index is 0.323. The first-order valence-electron chi connectivity index (χ1n) is 8.75. The molecule has 0 amide bonds. The van der Waals surface area contributed by atoms with Gasteiger partial charge in [-0.15, -0.1) is 0 Å². The number of nitrogens with one attached hydrogen (secondary N) is 2. The normalized spacial score (nSPS) is 22.0. The van der Waals surface area contributed by atoms with E-state index in [9.17, 15) is 0 Å². The molecule has 24 heavy (non-hydrogen) atoms. The molecule has 2 heterocycles. The molecule has 0 aliphatic carbocycles. The van der Waals surface area contributed by atoms with Crippen molar-refractivity contribution in [3.05, 3.63) is 52.8 Å². The van der Waals surface area contributed by atoms with Crippen molar-refractivity contribution < 1.29 is 4.74 Å². The van der Waals surface area contributed by atoms with Gasteiger partial charge in [0.05, 0.1) is 18.4 Å². The molecule has 2 aromatic rings. The van der Waals surface area contributed by atoms with E-state index >= 15 is 0 Å². The Labute approximate surface area is 144 Å². The summed E-state index contributed by atoms with van der Waals surface area (Å²) in [6, 6.07) is 8.92. The third kappa shape index (κ3) is 4.66. The second-order valence-corrected chi connectivity index (χ2v) is 6.89. The van der Waals surface area contributed by atoms with Crippen LogP contribution in [-0.2, 0) is 24.4 Å². The first-order valence-corrected chi connectivity index (χ1v) is 8.75. The zero-order valence-electron chi connectivity index (χ0n) is 14.9. The third-order valence-electron chi connectivity index (χ3n) is 4.50. The first-order chi connectivity index (χ1) is 11.6. The molecule has 1 saturated heterocycles. The summed E-state index contributed by atoms with van der Waals surface area (Å²) >= 11 is 0. The summed E-state index contributed by atoms with van der Waals surface area (Å²) in [6.45, 7) is 11.1. The Kier molecular flexibility index (Phi) is 5.66. The van der Waals surface area contributed by atoms with Crippen molar-refractivity contribution in [2.75, 3.05) is 13.1 Å². The lowest BCUT2D eigenvalue weighted by molar-refractivity contribution is -0.0704. The number of aryl methyl sites for hydroxylation is 1. The van der Waals surface area contributed by atoms with E-state index in [-0.39, 0.29) is 0 Å². The Morgan fingerprint density at radius 1 is 1.12 bits per heavy atom. The van der Waals surface area contributed by atoms with Gasteiger partial charge in [0, 0.05) is 44.0 Å². The van der Waals surface area contributed by atoms with Crippen molar-refractivity contribution >= 4 is 0 Å². The minimum Gasteiger partial charge on any atom is -0.373 e. The number of benzene rings is 1. The number of nitrogens with zero attached hydrogens (tertiary/aromatic N) is 2. The van der Waals surface area contributed by atoms with Crippen LogP contribution in [0, 0.1) is 6.92 Å². The smallest absolute Gasteiger partial charge is 0.0678 e. The first kappa shape index (κ1) is 17.1. The Morgan fingerprint density at radius 3 is 2.42 bits per heavy atom. The lowest BCUT2D eigenvalue weighted by Gasteiger charge is -2.35. The number of ether oxygens (including phenoxy) is 1. The van der Waals surface area contributed by atoms with Crippen LogP contribution in [0.4, 0.5) is 0 Å². The van der Waals surface area contributed by atoms with Crippen LogP contribution < -0.4 is 5.32 Å². The number of hydrogen-bond donors (Lipinski definition) is 2. The molecule has 1 aromatic carbocycles. The Balaban J connectivity index is 1.47. The zero-order chi connectivity index (χ0) is 16.9. The van der Waals surface area contributed by atoms with Crippen molar-refractivity contribution in [1.29, 1.82) is 0 Å². The van der Waals surface area contributed by atoms with Crippen LogP contribution in [0.3, 0.4) is 0 Å². The summed E-state index contributed by atoms with van der Waals surface area (Å²) in [7, 11) is 0. The van der Waals surface area contributed by atoms with E-state index in [0.29, 0.717) is 12.2 Å². The molecule has 130 valence electrons. The number of morpholine rings is 1. The lowest BCUT2D eigenvalue weighted by Crippen LogP contribution is -2.44. The summed E-state index contributed by atoms with van der Waals surface area (Å²) in [5.74, 6) is 0. The van der Waals surface area contributed by atoms with Gasteiger partial charge >= 0.3 is 0 Å². The average molecular weight is 328 g/mol. The molecule has 5 heteroatoms. The monoisotopic (exact) mass is 328 g/mol. The predicted octanol–water partition coefficient (Wildman–Crippen LogP) is 2.62. The zero-order valence-corrected chi connectivity index (χ0v) is 14.9. The van der Waals surface area contributed by atoms with E-state index < -0.39 is 0 Å². The molecule has 2 N–H and O–H groups in total. The average Bonchev–Trinajstić information content (AvgIpc) is 2.93. The van der Waals surface area contributed by atoms with Gasteiger partial charge in [-0.3, -0.25) is 10.00 Å². The topological polar surface area (TPSA) is 53.2 Å². The Hall–Kier alpha value is -1.69. The van der Waals surface area contributed by atoms with Crippen molar-refractivity contribution in [2.45, 2.75) is 52.6 Å². The molecule has 5 nitrogen and oxygen atoms in total. The van der Waals surface area contributed by atoms with Crippen molar-refractivity contribution in [3.8, 4) is 0 Å². The maximum atomic E-state index is 5.80. The summed E-state index contributed by atoms with van der Waals surface area (Å²) in [6.07, 6.45) is 2.53. The molecular formula is C19H28N4O. The Morgan fingerprint density at radius 2 is 1.79 bits per heavy atom. The Bertz CT molecular complexity index is 627. The van der Waals surface area contributed by atoms with Gasteiger partial charge in [0.15, 0.2) is 0 Å². The number of hydrogen-bond acceptors (Lipinski definition) is 4. The number of aromatic nitrogens is 2. The summed E-state index contributed by atoms with van der Waals surface area (Å²) in [5, 5.41) is 10.5. The highest BCUT2D eigenvalue weighted by Gasteiger charge is 2.21. The molecule has 0 bridgehead atoms. The quantitative estimate of drug-likeness (QED) is 0.856. The van der Waals surface area contributed by atoms with Gasteiger partial charge in [-0.05, 0) is 31.9 Å². The van der Waals surface area contributed by atoms with E-state index in [1.165, 1.54) is 16.7 Å². The molecular weight excluding hydrogens is 300 g/mol. The number of aromatic amines is 1. The van der Waals surface area contributed by atoms with E-state index in [0.717, 1.165) is 38.4 Å². The highest BCUT2D eigenvalue weighted by atomic mass is 16.5. The van der Waals surface area contributed by atoms with Crippen LogP contribution in [0.5, 0.6) is 0 Å². The molecule has 2 atom stereocenters. The highest BCUT2D eigenvalue weighted by Crippen LogP contribution is 2.15. The van der Waals surface area contributed by atoms with Gasteiger partial charge < -0.3 is 10.1 Å². The van der Waals surface area contributed by atoms with Gasteiger partial charge in [0.1, 0.15) is 0 Å². The van der Waals surface area contributed by atoms with E-state index in [2.05, 4.69) is 58.5 Å². The van der Waals surface area contributed by atoms with Crippen LogP contribution in [0.25, 0.3) is 0 Å². The fraction of sp³-hybridized carbons (Fsp3) is 0.526. The molecule has 0 unspecified atom stereocenters. The maximum absolute atomic E-state index is 5.80. The largest absolute Gasteiger partial charge is 0.373 e. The van der Waals surface area contributed by atoms with E-state index in [1.807, 2.05) is 13.1 Å². The third-order valence-corrected chi connectivity index (χ3v) is 4.50. The van der Waals surface area contributed by atoms with Gasteiger partial charge in [-0.1, -0.05) is 24.3 Å². The molecule has 1 aliphatic rings. The molecule has 0 saturated carbocycles. The van der Waals surface area contributed by atoms with Crippen LogP contribution in [-0.4, -0.2) is 40.4 Å². The van der Waals surface area contributed by atoms with Crippen molar-refractivity contribution in [1.82, 2.24) is 20.4 Å². The van der Waals surface area contributed by atoms with Gasteiger partial charge in [-0.25, -0.2) is 0 Å². The summed E-state index contributed by atoms with van der Waals surface area (Å²) in [5.41, 5.74) is 5.03. The van der Waals surface area contributed by atoms with Crippen LogP contribution in [0.1, 0.15) is 36.2 Å². The van der Waals surface area contributed by atoms with Crippen molar-refractivity contribution in [3.63, 3.8) is 0 Å². The molecule has 1 fully saturated rings. The molecule has 1 aromatic heterocycles. The summed E-state index contributed by atoms with van der Waals surface area (Å²) in [4.78, 5) is 2.48. The fourth-order valence-corrected chi connectivity index (χ4v) is 3.33. The van der Waals surface area contributed by atoms with Crippen LogP contribution in [0.2, 0.25) is 0 Å². The highest BCUT2D eigenvalue weighted by molar-refractivity contribution is 5.23. The molecule has 0 spiro atoms. The van der Waals surface area contributed by atoms with Gasteiger partial charge in [-0.2, -0.15) is 5.10 Å². The summed E-state index contributed by atoms with van der Waals surface area (Å²) < 4.78 is 5.80. The second kappa shape index (κ2) is 7.92. The molecule has 1 aliphatic heterocycles. The second-order valence-electron chi connectivity index (χ2n) is 6.89. The van der Waals surface area contributed by atoms with E-state index in [1.54, 1.807) is 0 Å². The molecule has 3 rings (SSSR count). The van der Waals surface area contributed by atoms with Crippen molar-refractivity contribution in [2.24, 2.45) is 0 Å². The lowest BCUT2D eigenvalue weighted by atomic mass is 10.1. The van der Waals surface area contributed by atoms with Crippen LogP contribution >= 0.6 is 0 Å². The van der Waals surface area contributed by atoms with Gasteiger partial charge in [0.2, 0.25) is 0 Å². The van der Waals surface area contributed by atoms with Crippen LogP contribution in [0.15, 0.2) is 30.5 Å².